The second-order valence-corrected chi connectivity index (χ2v) is 4.11. The smallest absolute Gasteiger partial charge is 0.337 e. The van der Waals surface area contributed by atoms with Gasteiger partial charge in [0.1, 0.15) is 0 Å². The molecule has 106 valence electrons. The van der Waals surface area contributed by atoms with Crippen LogP contribution in [0.1, 0.15) is 31.1 Å². The van der Waals surface area contributed by atoms with Crippen LogP contribution in [-0.4, -0.2) is 38.2 Å². The maximum atomic E-state index is 11.2. The number of rotatable bonds is 4. The Bertz CT molecular complexity index is 721. The molecular weight excluding hydrogens is 278 g/mol. The highest BCUT2D eigenvalue weighted by atomic mass is 16.4. The number of carboxylic acids is 3. The highest BCUT2D eigenvalue weighted by Crippen LogP contribution is 2.24. The predicted octanol–water partition coefficient (Wildman–Crippen LogP) is 1.84. The molecule has 2 aromatic rings. The van der Waals surface area contributed by atoms with E-state index in [4.69, 9.17) is 15.3 Å². The summed E-state index contributed by atoms with van der Waals surface area (Å²) in [5.41, 5.74) is -0.531. The normalized spacial score (nSPS) is 10.1. The molecule has 0 aliphatic carbocycles. The molecule has 0 amide bonds. The molecule has 0 bridgehead atoms. The van der Waals surface area contributed by atoms with Crippen molar-refractivity contribution in [2.75, 3.05) is 0 Å². The summed E-state index contributed by atoms with van der Waals surface area (Å²) in [6, 6.07) is 6.09. The molecule has 0 radical (unpaired) electrons. The Labute approximate surface area is 118 Å². The molecule has 21 heavy (non-hydrogen) atoms. The lowest BCUT2D eigenvalue weighted by molar-refractivity contribution is 0.0683. The van der Waals surface area contributed by atoms with Crippen LogP contribution >= 0.6 is 0 Å². The lowest BCUT2D eigenvalue weighted by Crippen LogP contribution is -2.05. The monoisotopic (exact) mass is 287 g/mol. The minimum atomic E-state index is -1.31. The van der Waals surface area contributed by atoms with Gasteiger partial charge in [0.15, 0.2) is 0 Å². The number of benzene rings is 1. The van der Waals surface area contributed by atoms with Crippen LogP contribution in [0.2, 0.25) is 0 Å². The first kappa shape index (κ1) is 14.2. The Balaban J connectivity index is 2.72. The Morgan fingerprint density at radius 2 is 1.43 bits per heavy atom. The molecule has 1 heterocycles. The molecule has 1 aromatic carbocycles. The second-order valence-electron chi connectivity index (χ2n) is 4.11. The van der Waals surface area contributed by atoms with Crippen molar-refractivity contribution in [2.24, 2.45) is 0 Å². The summed E-state index contributed by atoms with van der Waals surface area (Å²) in [5.74, 6) is -3.87. The zero-order chi connectivity index (χ0) is 15.6. The lowest BCUT2D eigenvalue weighted by Gasteiger charge is -2.07. The minimum Gasteiger partial charge on any atom is -0.478 e. The van der Waals surface area contributed by atoms with Gasteiger partial charge in [0.2, 0.25) is 0 Å². The van der Waals surface area contributed by atoms with Gasteiger partial charge < -0.3 is 15.3 Å². The molecule has 1 aromatic heterocycles. The lowest BCUT2D eigenvalue weighted by atomic mass is 10.00. The number of pyridine rings is 1. The van der Waals surface area contributed by atoms with Crippen LogP contribution in [0, 0.1) is 0 Å². The summed E-state index contributed by atoms with van der Waals surface area (Å²) >= 11 is 0. The number of hydrogen-bond acceptors (Lipinski definition) is 4. The molecule has 3 N–H and O–H groups in total. The van der Waals surface area contributed by atoms with Gasteiger partial charge in [-0.3, -0.25) is 4.98 Å². The molecule has 7 heteroatoms. The molecule has 0 fully saturated rings. The first-order chi connectivity index (χ1) is 9.90. The topological polar surface area (TPSA) is 125 Å². The summed E-state index contributed by atoms with van der Waals surface area (Å²) < 4.78 is 0. The Morgan fingerprint density at radius 1 is 0.857 bits per heavy atom. The van der Waals surface area contributed by atoms with Gasteiger partial charge in [0.25, 0.3) is 0 Å². The Kier molecular flexibility index (Phi) is 3.66. The minimum absolute atomic E-state index is 0.00981. The second kappa shape index (κ2) is 5.41. The fourth-order valence-corrected chi connectivity index (χ4v) is 1.82. The number of aromatic carboxylic acids is 3. The van der Waals surface area contributed by atoms with Crippen LogP contribution in [0.15, 0.2) is 36.5 Å². The number of aromatic nitrogens is 1. The van der Waals surface area contributed by atoms with E-state index in [-0.39, 0.29) is 27.9 Å². The van der Waals surface area contributed by atoms with Crippen molar-refractivity contribution < 1.29 is 29.7 Å². The third kappa shape index (κ3) is 2.86. The van der Waals surface area contributed by atoms with E-state index in [2.05, 4.69) is 4.98 Å². The molecule has 0 spiro atoms. The van der Waals surface area contributed by atoms with Crippen molar-refractivity contribution in [2.45, 2.75) is 0 Å². The molecule has 0 atom stereocenters. The molecule has 2 rings (SSSR count). The van der Waals surface area contributed by atoms with E-state index in [0.29, 0.717) is 0 Å². The largest absolute Gasteiger partial charge is 0.478 e. The first-order valence-corrected chi connectivity index (χ1v) is 5.70. The van der Waals surface area contributed by atoms with Crippen LogP contribution < -0.4 is 0 Å². The van der Waals surface area contributed by atoms with Gasteiger partial charge in [-0.15, -0.1) is 0 Å². The molecular formula is C14H9NO6. The van der Waals surface area contributed by atoms with Crippen LogP contribution in [-0.2, 0) is 0 Å². The van der Waals surface area contributed by atoms with Gasteiger partial charge >= 0.3 is 17.9 Å². The average molecular weight is 287 g/mol. The quantitative estimate of drug-likeness (QED) is 0.783. The predicted molar refractivity (Wildman–Crippen MR) is 70.6 cm³/mol. The molecule has 0 saturated carbocycles. The van der Waals surface area contributed by atoms with E-state index in [0.717, 1.165) is 6.07 Å². The summed E-state index contributed by atoms with van der Waals surface area (Å²) in [4.78, 5) is 37.2. The van der Waals surface area contributed by atoms with Crippen molar-refractivity contribution in [1.29, 1.82) is 0 Å². The number of carbonyl (C=O) groups is 3. The number of carboxylic acid groups (broad SMARTS) is 3. The van der Waals surface area contributed by atoms with E-state index in [1.54, 1.807) is 0 Å². The van der Waals surface area contributed by atoms with Crippen molar-refractivity contribution in [1.82, 2.24) is 4.98 Å². The standard InChI is InChI=1S/C14H9NO6/c16-12(17)8-4-7(5-9(6-8)13(18)19)11-10(14(20)21)2-1-3-15-11/h1-6H,(H,16,17)(H,18,19)(H,20,21). The molecule has 0 unspecified atom stereocenters. The molecule has 7 nitrogen and oxygen atoms in total. The highest BCUT2D eigenvalue weighted by Gasteiger charge is 2.17. The van der Waals surface area contributed by atoms with Crippen LogP contribution in [0.4, 0.5) is 0 Å². The van der Waals surface area contributed by atoms with Gasteiger partial charge in [-0.2, -0.15) is 0 Å². The van der Waals surface area contributed by atoms with E-state index in [1.807, 2.05) is 0 Å². The number of hydrogen-bond donors (Lipinski definition) is 3. The highest BCUT2D eigenvalue weighted by molar-refractivity contribution is 5.99. The summed E-state index contributed by atoms with van der Waals surface area (Å²) in [6.07, 6.45) is 1.34. The van der Waals surface area contributed by atoms with Crippen LogP contribution in [0.5, 0.6) is 0 Å². The Hall–Kier alpha value is -3.22. The Morgan fingerprint density at radius 3 is 1.90 bits per heavy atom. The third-order valence-electron chi connectivity index (χ3n) is 2.74. The first-order valence-electron chi connectivity index (χ1n) is 5.70. The van der Waals surface area contributed by atoms with E-state index in [1.165, 1.54) is 30.5 Å². The van der Waals surface area contributed by atoms with Crippen molar-refractivity contribution in [3.05, 3.63) is 53.2 Å². The van der Waals surface area contributed by atoms with Gasteiger partial charge in [-0.05, 0) is 30.3 Å². The average Bonchev–Trinajstić information content (AvgIpc) is 2.46. The third-order valence-corrected chi connectivity index (χ3v) is 2.74. The van der Waals surface area contributed by atoms with Gasteiger partial charge in [-0.1, -0.05) is 0 Å². The van der Waals surface area contributed by atoms with Crippen LogP contribution in [0.3, 0.4) is 0 Å². The van der Waals surface area contributed by atoms with Gasteiger partial charge in [0, 0.05) is 11.8 Å². The molecule has 0 saturated heterocycles. The van der Waals surface area contributed by atoms with Crippen molar-refractivity contribution in [3.63, 3.8) is 0 Å². The fraction of sp³-hybridized carbons (Fsp3) is 0. The summed E-state index contributed by atoms with van der Waals surface area (Å²) in [6.45, 7) is 0. The van der Waals surface area contributed by atoms with Gasteiger partial charge in [-0.25, -0.2) is 14.4 Å². The molecule has 0 aliphatic rings. The summed E-state index contributed by atoms with van der Waals surface area (Å²) in [5, 5.41) is 27.1. The summed E-state index contributed by atoms with van der Waals surface area (Å²) in [7, 11) is 0. The maximum Gasteiger partial charge on any atom is 0.337 e. The maximum absolute atomic E-state index is 11.2. The SMILES string of the molecule is O=C(O)c1cc(C(=O)O)cc(-c2ncccc2C(=O)O)c1. The van der Waals surface area contributed by atoms with E-state index < -0.39 is 17.9 Å². The number of nitrogens with zero attached hydrogens (tertiary/aromatic N) is 1. The van der Waals surface area contributed by atoms with Crippen molar-refractivity contribution in [3.8, 4) is 11.3 Å². The zero-order valence-corrected chi connectivity index (χ0v) is 10.5. The molecule has 0 aliphatic heterocycles. The van der Waals surface area contributed by atoms with Crippen molar-refractivity contribution >= 4 is 17.9 Å². The van der Waals surface area contributed by atoms with Crippen LogP contribution in [0.25, 0.3) is 11.3 Å². The van der Waals surface area contributed by atoms with Gasteiger partial charge in [0.05, 0.1) is 22.4 Å². The van der Waals surface area contributed by atoms with E-state index >= 15 is 0 Å². The van der Waals surface area contributed by atoms with E-state index in [9.17, 15) is 14.4 Å². The fourth-order valence-electron chi connectivity index (χ4n) is 1.82. The zero-order valence-electron chi connectivity index (χ0n) is 10.5.